The quantitative estimate of drug-likeness (QED) is 0.659. The Labute approximate surface area is 193 Å². The molecule has 0 spiro atoms. The molecule has 1 N–H and O–H groups in total. The van der Waals surface area contributed by atoms with Gasteiger partial charge in [-0.05, 0) is 56.4 Å². The molecule has 3 aromatic rings. The molecule has 2 aliphatic rings. The molecule has 7 nitrogen and oxygen atoms in total. The first kappa shape index (κ1) is 21.4. The molecular weight excluding hydrogens is 414 g/mol. The molecule has 2 saturated heterocycles. The highest BCUT2D eigenvalue weighted by atomic mass is 16.2. The van der Waals surface area contributed by atoms with Gasteiger partial charge in [-0.1, -0.05) is 24.3 Å². The van der Waals surface area contributed by atoms with Gasteiger partial charge < -0.3 is 15.1 Å². The Hall–Kier alpha value is -3.48. The highest BCUT2D eigenvalue weighted by molar-refractivity contribution is 6.02. The minimum atomic E-state index is -0.120. The van der Waals surface area contributed by atoms with Gasteiger partial charge in [0.2, 0.25) is 5.91 Å². The number of hydrogen-bond donors (Lipinski definition) is 1. The molecule has 0 aliphatic carbocycles. The number of rotatable bonds is 4. The number of fused-ring (bicyclic) bond motifs is 1. The van der Waals surface area contributed by atoms with Gasteiger partial charge >= 0.3 is 0 Å². The Morgan fingerprint density at radius 3 is 2.48 bits per heavy atom. The number of piperidine rings is 1. The van der Waals surface area contributed by atoms with Crippen LogP contribution in [0.2, 0.25) is 0 Å². The molecule has 0 unspecified atom stereocenters. The van der Waals surface area contributed by atoms with E-state index >= 15 is 0 Å². The number of amides is 2. The van der Waals surface area contributed by atoms with E-state index in [1.165, 1.54) is 0 Å². The van der Waals surface area contributed by atoms with Crippen LogP contribution in [0.25, 0.3) is 10.9 Å². The Morgan fingerprint density at radius 1 is 1.00 bits per heavy atom. The summed E-state index contributed by atoms with van der Waals surface area (Å²) in [7, 11) is 0. The first-order chi connectivity index (χ1) is 16.1. The van der Waals surface area contributed by atoms with Crippen LogP contribution in [0.4, 0.5) is 11.6 Å². The molecule has 0 bridgehead atoms. The third-order valence-corrected chi connectivity index (χ3v) is 6.66. The summed E-state index contributed by atoms with van der Waals surface area (Å²) in [6.45, 7) is 4.95. The molecule has 0 radical (unpaired) electrons. The standard InChI is InChI=1S/C26H29N5O2/c1-18-8-9-23(27-17-18)29-25(32)19-10-14-31(15-11-19)26(33)21-16-20-6-2-3-7-22(20)28-24(21)30-12-4-5-13-30/h2-3,6-9,16-17,19H,4-5,10-15H2,1H3,(H,27,29,32). The van der Waals surface area contributed by atoms with Crippen LogP contribution in [-0.2, 0) is 4.79 Å². The summed E-state index contributed by atoms with van der Waals surface area (Å²) < 4.78 is 0. The number of para-hydroxylation sites is 1. The summed E-state index contributed by atoms with van der Waals surface area (Å²) in [6.07, 6.45) is 5.27. The van der Waals surface area contributed by atoms with Crippen molar-refractivity contribution in [1.29, 1.82) is 0 Å². The largest absolute Gasteiger partial charge is 0.356 e. The van der Waals surface area contributed by atoms with Gasteiger partial charge in [0, 0.05) is 43.7 Å². The Balaban J connectivity index is 1.30. The van der Waals surface area contributed by atoms with Gasteiger partial charge in [0.05, 0.1) is 11.1 Å². The lowest BCUT2D eigenvalue weighted by molar-refractivity contribution is -0.121. The number of benzene rings is 1. The van der Waals surface area contributed by atoms with Crippen LogP contribution in [0.3, 0.4) is 0 Å². The maximum absolute atomic E-state index is 13.6. The third kappa shape index (κ3) is 4.53. The SMILES string of the molecule is Cc1ccc(NC(=O)C2CCN(C(=O)c3cc4ccccc4nc3N3CCCC3)CC2)nc1. The number of anilines is 2. The lowest BCUT2D eigenvalue weighted by atomic mass is 9.95. The van der Waals surface area contributed by atoms with Crippen LogP contribution in [0.15, 0.2) is 48.7 Å². The minimum Gasteiger partial charge on any atom is -0.356 e. The normalized spacial score (nSPS) is 16.9. The fourth-order valence-corrected chi connectivity index (χ4v) is 4.72. The number of nitrogens with zero attached hydrogens (tertiary/aromatic N) is 4. The number of aromatic nitrogens is 2. The number of carbonyl (C=O) groups excluding carboxylic acids is 2. The van der Waals surface area contributed by atoms with Crippen LogP contribution in [0.1, 0.15) is 41.6 Å². The van der Waals surface area contributed by atoms with E-state index < -0.39 is 0 Å². The molecule has 1 aromatic carbocycles. The fourth-order valence-electron chi connectivity index (χ4n) is 4.72. The van der Waals surface area contributed by atoms with E-state index in [2.05, 4.69) is 15.2 Å². The smallest absolute Gasteiger partial charge is 0.257 e. The maximum atomic E-state index is 13.6. The lowest BCUT2D eigenvalue weighted by Gasteiger charge is -2.32. The fraction of sp³-hybridized carbons (Fsp3) is 0.385. The summed E-state index contributed by atoms with van der Waals surface area (Å²) in [4.78, 5) is 39.5. The number of likely N-dealkylation sites (tertiary alicyclic amines) is 1. The van der Waals surface area contributed by atoms with Crippen molar-refractivity contribution in [3.05, 3.63) is 59.8 Å². The van der Waals surface area contributed by atoms with E-state index in [1.54, 1.807) is 6.20 Å². The molecule has 4 heterocycles. The zero-order valence-electron chi connectivity index (χ0n) is 19.0. The summed E-state index contributed by atoms with van der Waals surface area (Å²) >= 11 is 0. The summed E-state index contributed by atoms with van der Waals surface area (Å²) in [5, 5.41) is 3.89. The second-order valence-electron chi connectivity index (χ2n) is 9.02. The second kappa shape index (κ2) is 9.17. The number of aryl methyl sites for hydroxylation is 1. The predicted octanol–water partition coefficient (Wildman–Crippen LogP) is 4.03. The average Bonchev–Trinajstić information content (AvgIpc) is 3.39. The first-order valence-electron chi connectivity index (χ1n) is 11.8. The number of pyridine rings is 2. The molecule has 7 heteroatoms. The van der Waals surface area contributed by atoms with Gasteiger partial charge in [-0.25, -0.2) is 9.97 Å². The van der Waals surface area contributed by atoms with E-state index in [1.807, 2.05) is 54.3 Å². The molecule has 2 aliphatic heterocycles. The van der Waals surface area contributed by atoms with E-state index in [4.69, 9.17) is 4.98 Å². The molecule has 170 valence electrons. The average molecular weight is 444 g/mol. The second-order valence-corrected chi connectivity index (χ2v) is 9.02. The molecular formula is C26H29N5O2. The topological polar surface area (TPSA) is 78.4 Å². The number of hydrogen-bond acceptors (Lipinski definition) is 5. The van der Waals surface area contributed by atoms with E-state index in [0.29, 0.717) is 37.3 Å². The molecule has 5 rings (SSSR count). The predicted molar refractivity (Wildman–Crippen MR) is 129 cm³/mol. The van der Waals surface area contributed by atoms with Crippen LogP contribution in [-0.4, -0.2) is 52.9 Å². The van der Waals surface area contributed by atoms with E-state index in [0.717, 1.165) is 48.2 Å². The Kier molecular flexibility index (Phi) is 5.94. The van der Waals surface area contributed by atoms with Crippen molar-refractivity contribution in [3.63, 3.8) is 0 Å². The minimum absolute atomic E-state index is 0.00853. The van der Waals surface area contributed by atoms with Gasteiger partial charge in [-0.3, -0.25) is 9.59 Å². The third-order valence-electron chi connectivity index (χ3n) is 6.66. The van der Waals surface area contributed by atoms with Gasteiger partial charge in [-0.15, -0.1) is 0 Å². The highest BCUT2D eigenvalue weighted by Crippen LogP contribution is 2.29. The number of nitrogens with one attached hydrogen (secondary N) is 1. The van der Waals surface area contributed by atoms with Gasteiger partial charge in [0.25, 0.3) is 5.91 Å². The highest BCUT2D eigenvalue weighted by Gasteiger charge is 2.30. The van der Waals surface area contributed by atoms with Crippen molar-refractivity contribution in [3.8, 4) is 0 Å². The van der Waals surface area contributed by atoms with Crippen molar-refractivity contribution >= 4 is 34.4 Å². The lowest BCUT2D eigenvalue weighted by Crippen LogP contribution is -2.42. The van der Waals surface area contributed by atoms with Crippen LogP contribution < -0.4 is 10.2 Å². The van der Waals surface area contributed by atoms with Crippen molar-refractivity contribution in [2.45, 2.75) is 32.6 Å². The Bertz CT molecular complexity index is 1160. The Morgan fingerprint density at radius 2 is 1.76 bits per heavy atom. The maximum Gasteiger partial charge on any atom is 0.257 e. The van der Waals surface area contributed by atoms with Crippen molar-refractivity contribution < 1.29 is 9.59 Å². The zero-order chi connectivity index (χ0) is 22.8. The van der Waals surface area contributed by atoms with Crippen molar-refractivity contribution in [1.82, 2.24) is 14.9 Å². The molecule has 2 amide bonds. The zero-order valence-corrected chi connectivity index (χ0v) is 19.0. The first-order valence-corrected chi connectivity index (χ1v) is 11.8. The summed E-state index contributed by atoms with van der Waals surface area (Å²) in [5.74, 6) is 1.23. The van der Waals surface area contributed by atoms with Gasteiger partial charge in [0.15, 0.2) is 0 Å². The van der Waals surface area contributed by atoms with E-state index in [-0.39, 0.29) is 17.7 Å². The van der Waals surface area contributed by atoms with E-state index in [9.17, 15) is 9.59 Å². The molecule has 2 fully saturated rings. The summed E-state index contributed by atoms with van der Waals surface area (Å²) in [5.41, 5.74) is 2.63. The van der Waals surface area contributed by atoms with Crippen molar-refractivity contribution in [2.75, 3.05) is 36.4 Å². The monoisotopic (exact) mass is 443 g/mol. The molecule has 33 heavy (non-hydrogen) atoms. The molecule has 2 aromatic heterocycles. The summed E-state index contributed by atoms with van der Waals surface area (Å²) in [6, 6.07) is 13.7. The number of carbonyl (C=O) groups is 2. The molecule has 0 atom stereocenters. The van der Waals surface area contributed by atoms with Crippen LogP contribution >= 0.6 is 0 Å². The van der Waals surface area contributed by atoms with Crippen LogP contribution in [0, 0.1) is 12.8 Å². The van der Waals surface area contributed by atoms with Crippen molar-refractivity contribution in [2.24, 2.45) is 5.92 Å². The van der Waals surface area contributed by atoms with Crippen LogP contribution in [0.5, 0.6) is 0 Å². The van der Waals surface area contributed by atoms with Gasteiger partial charge in [-0.2, -0.15) is 0 Å². The molecule has 0 saturated carbocycles. The van der Waals surface area contributed by atoms with Gasteiger partial charge in [0.1, 0.15) is 11.6 Å².